The van der Waals surface area contributed by atoms with Crippen molar-refractivity contribution in [3.8, 4) is 23.1 Å². The molecule has 0 saturated carbocycles. The van der Waals surface area contributed by atoms with E-state index in [1.165, 1.54) is 6.20 Å². The van der Waals surface area contributed by atoms with Gasteiger partial charge in [-0.1, -0.05) is 23.2 Å². The van der Waals surface area contributed by atoms with E-state index in [4.69, 9.17) is 27.9 Å². The molecule has 0 spiro atoms. The van der Waals surface area contributed by atoms with Gasteiger partial charge in [-0.3, -0.25) is 5.10 Å². The summed E-state index contributed by atoms with van der Waals surface area (Å²) in [5, 5.41) is 27.3. The van der Waals surface area contributed by atoms with Crippen molar-refractivity contribution in [2.75, 3.05) is 18.0 Å². The van der Waals surface area contributed by atoms with Crippen molar-refractivity contribution < 1.29 is 14.2 Å². The molecule has 1 fully saturated rings. The molecule has 2 N–H and O–H groups in total. The SMILES string of the molecule is C[C@H](Oc1ccc2[nH]nc(-c3cnc(N4CC(O)C4)c(C#N)c3)c2c1)c1c(Cl)cnc(F)c1Cl. The van der Waals surface area contributed by atoms with Crippen LogP contribution in [0.3, 0.4) is 0 Å². The maximum Gasteiger partial charge on any atom is 0.232 e. The minimum Gasteiger partial charge on any atom is -0.486 e. The number of ether oxygens (including phenoxy) is 1. The van der Waals surface area contributed by atoms with E-state index in [0.29, 0.717) is 47.0 Å². The van der Waals surface area contributed by atoms with E-state index in [1.807, 2.05) is 4.90 Å². The number of benzene rings is 1. The minimum atomic E-state index is -0.818. The van der Waals surface area contributed by atoms with Crippen molar-refractivity contribution in [3.63, 3.8) is 0 Å². The largest absolute Gasteiger partial charge is 0.486 e. The number of hydrogen-bond donors (Lipinski definition) is 2. The second-order valence-corrected chi connectivity index (χ2v) is 8.72. The summed E-state index contributed by atoms with van der Waals surface area (Å²) in [5.41, 5.74) is 2.70. The Morgan fingerprint density at radius 2 is 2.06 bits per heavy atom. The van der Waals surface area contributed by atoms with Crippen LogP contribution in [-0.4, -0.2) is 44.5 Å². The lowest BCUT2D eigenvalue weighted by atomic mass is 10.1. The van der Waals surface area contributed by atoms with Gasteiger partial charge in [0, 0.05) is 42.0 Å². The first-order valence-electron chi connectivity index (χ1n) is 10.3. The molecule has 1 atom stereocenters. The second-order valence-electron chi connectivity index (χ2n) is 7.93. The Morgan fingerprint density at radius 1 is 1.26 bits per heavy atom. The number of anilines is 1. The van der Waals surface area contributed by atoms with Crippen LogP contribution in [0.5, 0.6) is 5.75 Å². The van der Waals surface area contributed by atoms with Crippen molar-refractivity contribution in [2.45, 2.75) is 19.1 Å². The molecule has 3 aromatic heterocycles. The van der Waals surface area contributed by atoms with Crippen LogP contribution < -0.4 is 9.64 Å². The van der Waals surface area contributed by atoms with Gasteiger partial charge in [-0.15, -0.1) is 0 Å². The molecule has 0 aliphatic carbocycles. The Bertz CT molecular complexity index is 1450. The van der Waals surface area contributed by atoms with Gasteiger partial charge >= 0.3 is 0 Å². The number of aromatic nitrogens is 4. The predicted octanol–water partition coefficient (Wildman–Crippen LogP) is 4.66. The van der Waals surface area contributed by atoms with Crippen molar-refractivity contribution >= 4 is 39.9 Å². The van der Waals surface area contributed by atoms with Crippen molar-refractivity contribution in [1.82, 2.24) is 20.2 Å². The number of aromatic amines is 1. The quantitative estimate of drug-likeness (QED) is 0.385. The zero-order chi connectivity index (χ0) is 24.0. The third kappa shape index (κ3) is 3.90. The maximum atomic E-state index is 13.8. The number of H-pyrrole nitrogens is 1. The molecule has 4 aromatic rings. The standard InChI is InChI=1S/C23H17Cl2FN6O2/c1-11(19-17(24)8-28-22(26)20(19)25)34-15-2-3-18-16(5-15)21(31-30-18)13-4-12(6-27)23(29-7-13)32-9-14(33)10-32/h2-5,7-8,11,14,33H,9-10H2,1H3,(H,30,31)/t11-/m0/s1. The van der Waals surface area contributed by atoms with Gasteiger partial charge in [-0.05, 0) is 31.2 Å². The number of aliphatic hydroxyl groups excluding tert-OH is 1. The topological polar surface area (TPSA) is 111 Å². The van der Waals surface area contributed by atoms with Gasteiger partial charge in [0.15, 0.2) is 0 Å². The highest BCUT2D eigenvalue weighted by Crippen LogP contribution is 2.36. The van der Waals surface area contributed by atoms with Crippen LogP contribution in [0.15, 0.2) is 36.7 Å². The van der Waals surface area contributed by atoms with Crippen molar-refractivity contribution in [2.24, 2.45) is 0 Å². The van der Waals surface area contributed by atoms with E-state index < -0.39 is 18.2 Å². The third-order valence-electron chi connectivity index (χ3n) is 5.64. The van der Waals surface area contributed by atoms with Gasteiger partial charge in [0.2, 0.25) is 5.95 Å². The normalized spacial score (nSPS) is 14.6. The molecule has 172 valence electrons. The highest BCUT2D eigenvalue weighted by Gasteiger charge is 2.28. The van der Waals surface area contributed by atoms with Crippen LogP contribution >= 0.6 is 23.2 Å². The summed E-state index contributed by atoms with van der Waals surface area (Å²) in [5.74, 6) is 0.209. The first kappa shape index (κ1) is 22.3. The molecule has 1 aromatic carbocycles. The van der Waals surface area contributed by atoms with Gasteiger partial charge in [-0.25, -0.2) is 9.97 Å². The Hall–Kier alpha value is -3.45. The van der Waals surface area contributed by atoms with Gasteiger partial charge in [0.25, 0.3) is 0 Å². The molecule has 1 saturated heterocycles. The summed E-state index contributed by atoms with van der Waals surface area (Å²) >= 11 is 12.2. The molecular weight excluding hydrogens is 482 g/mol. The first-order valence-corrected chi connectivity index (χ1v) is 11.1. The molecule has 1 aliphatic heterocycles. The van der Waals surface area contributed by atoms with Crippen LogP contribution in [-0.2, 0) is 0 Å². The fraction of sp³-hybridized carbons (Fsp3) is 0.217. The number of hydrogen-bond acceptors (Lipinski definition) is 7. The Labute approximate surface area is 203 Å². The van der Waals surface area contributed by atoms with Crippen LogP contribution in [0, 0.1) is 17.3 Å². The Morgan fingerprint density at radius 3 is 2.79 bits per heavy atom. The fourth-order valence-corrected chi connectivity index (χ4v) is 4.58. The molecule has 34 heavy (non-hydrogen) atoms. The van der Waals surface area contributed by atoms with E-state index in [2.05, 4.69) is 26.2 Å². The number of pyridine rings is 2. The minimum absolute atomic E-state index is 0.185. The van der Waals surface area contributed by atoms with Crippen LogP contribution in [0.2, 0.25) is 10.0 Å². The lowest BCUT2D eigenvalue weighted by molar-refractivity contribution is 0.141. The van der Waals surface area contributed by atoms with Crippen LogP contribution in [0.4, 0.5) is 10.2 Å². The molecule has 8 nitrogen and oxygen atoms in total. The van der Waals surface area contributed by atoms with E-state index in [-0.39, 0.29) is 10.0 Å². The van der Waals surface area contributed by atoms with Crippen LogP contribution in [0.25, 0.3) is 22.2 Å². The van der Waals surface area contributed by atoms with E-state index in [1.54, 1.807) is 37.4 Å². The van der Waals surface area contributed by atoms with E-state index >= 15 is 0 Å². The summed E-state index contributed by atoms with van der Waals surface area (Å²) in [6.45, 7) is 2.60. The molecular formula is C23H17Cl2FN6O2. The summed E-state index contributed by atoms with van der Waals surface area (Å²) in [7, 11) is 0. The van der Waals surface area contributed by atoms with Gasteiger partial charge in [-0.2, -0.15) is 14.8 Å². The zero-order valence-electron chi connectivity index (χ0n) is 17.8. The number of aliphatic hydroxyl groups is 1. The molecule has 0 bridgehead atoms. The van der Waals surface area contributed by atoms with Crippen molar-refractivity contribution in [3.05, 3.63) is 63.8 Å². The number of β-amino-alcohol motifs (C(OH)–C–C–N with tert-alkyl or cyclic N) is 1. The first-order chi connectivity index (χ1) is 16.4. The number of nitrogens with zero attached hydrogens (tertiary/aromatic N) is 5. The monoisotopic (exact) mass is 498 g/mol. The summed E-state index contributed by atoms with van der Waals surface area (Å²) in [6.07, 6.45) is 1.78. The molecule has 1 aliphatic rings. The zero-order valence-corrected chi connectivity index (χ0v) is 19.3. The molecule has 0 unspecified atom stereocenters. The predicted molar refractivity (Wildman–Crippen MR) is 126 cm³/mol. The second kappa shape index (κ2) is 8.72. The fourth-order valence-electron chi connectivity index (χ4n) is 3.93. The molecule has 5 rings (SSSR count). The summed E-state index contributed by atoms with van der Waals surface area (Å²) in [4.78, 5) is 9.80. The number of halogens is 3. The van der Waals surface area contributed by atoms with Crippen LogP contribution in [0.1, 0.15) is 24.2 Å². The smallest absolute Gasteiger partial charge is 0.232 e. The average molecular weight is 499 g/mol. The van der Waals surface area contributed by atoms with Gasteiger partial charge in [0.05, 0.1) is 22.2 Å². The summed E-state index contributed by atoms with van der Waals surface area (Å²) < 4.78 is 19.8. The van der Waals surface area contributed by atoms with Crippen molar-refractivity contribution in [1.29, 1.82) is 5.26 Å². The number of nitrogens with one attached hydrogen (secondary N) is 1. The van der Waals surface area contributed by atoms with E-state index in [0.717, 1.165) is 10.9 Å². The highest BCUT2D eigenvalue weighted by atomic mass is 35.5. The Balaban J connectivity index is 1.47. The number of rotatable bonds is 5. The Kier molecular flexibility index (Phi) is 5.73. The molecule has 0 radical (unpaired) electrons. The lowest BCUT2D eigenvalue weighted by Gasteiger charge is -2.37. The lowest BCUT2D eigenvalue weighted by Crippen LogP contribution is -2.51. The third-order valence-corrected chi connectivity index (χ3v) is 6.30. The maximum absolute atomic E-state index is 13.8. The number of fused-ring (bicyclic) bond motifs is 1. The van der Waals surface area contributed by atoms with E-state index in [9.17, 15) is 14.8 Å². The van der Waals surface area contributed by atoms with Gasteiger partial charge < -0.3 is 14.7 Å². The molecule has 4 heterocycles. The average Bonchev–Trinajstić information content (AvgIpc) is 3.22. The summed E-state index contributed by atoms with van der Waals surface area (Å²) in [6, 6.07) is 9.23. The van der Waals surface area contributed by atoms with Gasteiger partial charge in [0.1, 0.15) is 34.5 Å². The number of nitriles is 1. The highest BCUT2D eigenvalue weighted by molar-refractivity contribution is 6.35. The molecule has 11 heteroatoms. The molecule has 0 amide bonds.